The molecule has 15 heavy (non-hydrogen) atoms. The molecule has 0 aromatic carbocycles. The van der Waals surface area contributed by atoms with Gasteiger partial charge >= 0.3 is 0 Å². The first-order valence-corrected chi connectivity index (χ1v) is 4.62. The highest BCUT2D eigenvalue weighted by Gasteiger charge is 1.99. The van der Waals surface area contributed by atoms with Crippen molar-refractivity contribution < 1.29 is 4.79 Å². The van der Waals surface area contributed by atoms with Gasteiger partial charge in [-0.2, -0.15) is 0 Å². The third kappa shape index (κ3) is 2.39. The Morgan fingerprint density at radius 1 is 1.33 bits per heavy atom. The Bertz CT molecular complexity index is 489. The molecule has 2 heteroatoms. The summed E-state index contributed by atoms with van der Waals surface area (Å²) in [6, 6.07) is 3.39. The third-order valence-corrected chi connectivity index (χ3v) is 2.00. The second-order valence-electron chi connectivity index (χ2n) is 3.06. The number of allylic oxidation sites excluding steroid dienone is 5. The van der Waals surface area contributed by atoms with Crippen molar-refractivity contribution in [3.63, 3.8) is 0 Å². The SMILES string of the molecule is O=C(/C=C/C1=C=CC=C1)c1ccncc1. The van der Waals surface area contributed by atoms with Crippen molar-refractivity contribution in [2.24, 2.45) is 0 Å². The first-order valence-electron chi connectivity index (χ1n) is 4.62. The van der Waals surface area contributed by atoms with Gasteiger partial charge in [-0.1, -0.05) is 6.08 Å². The Balaban J connectivity index is 2.11. The maximum Gasteiger partial charge on any atom is 0.185 e. The van der Waals surface area contributed by atoms with Crippen LogP contribution in [0, 0.1) is 0 Å². The van der Waals surface area contributed by atoms with E-state index in [1.807, 2.05) is 18.2 Å². The zero-order valence-electron chi connectivity index (χ0n) is 8.05. The average molecular weight is 195 g/mol. The minimum atomic E-state index is -0.0213. The average Bonchev–Trinajstić information content (AvgIpc) is 2.80. The summed E-state index contributed by atoms with van der Waals surface area (Å²) in [4.78, 5) is 15.5. The summed E-state index contributed by atoms with van der Waals surface area (Å²) in [6.45, 7) is 0. The van der Waals surface area contributed by atoms with Crippen LogP contribution in [0.4, 0.5) is 0 Å². The zero-order chi connectivity index (χ0) is 10.5. The molecule has 0 saturated heterocycles. The summed E-state index contributed by atoms with van der Waals surface area (Å²) in [5.74, 6) is -0.0213. The van der Waals surface area contributed by atoms with Crippen LogP contribution in [0.15, 0.2) is 66.2 Å². The Morgan fingerprint density at radius 3 is 2.80 bits per heavy atom. The number of ketones is 1. The molecule has 0 saturated carbocycles. The Kier molecular flexibility index (Phi) is 2.72. The number of hydrogen-bond donors (Lipinski definition) is 0. The number of rotatable bonds is 3. The summed E-state index contributed by atoms with van der Waals surface area (Å²) >= 11 is 0. The van der Waals surface area contributed by atoms with E-state index in [0.29, 0.717) is 5.56 Å². The molecule has 2 nitrogen and oxygen atoms in total. The van der Waals surface area contributed by atoms with Crippen LogP contribution in [0.2, 0.25) is 0 Å². The van der Waals surface area contributed by atoms with Gasteiger partial charge in [0.2, 0.25) is 0 Å². The smallest absolute Gasteiger partial charge is 0.185 e. The van der Waals surface area contributed by atoms with Crippen molar-refractivity contribution in [1.82, 2.24) is 4.98 Å². The van der Waals surface area contributed by atoms with Crippen LogP contribution in [0.5, 0.6) is 0 Å². The highest BCUT2D eigenvalue weighted by Crippen LogP contribution is 2.05. The van der Waals surface area contributed by atoms with Gasteiger partial charge in [0.25, 0.3) is 0 Å². The molecule has 2 rings (SSSR count). The van der Waals surface area contributed by atoms with E-state index in [1.54, 1.807) is 36.7 Å². The van der Waals surface area contributed by atoms with E-state index in [1.165, 1.54) is 0 Å². The fourth-order valence-corrected chi connectivity index (χ4v) is 1.23. The van der Waals surface area contributed by atoms with Crippen LogP contribution in [0.1, 0.15) is 10.4 Å². The molecule has 1 aliphatic carbocycles. The molecule has 0 bridgehead atoms. The molecule has 1 aromatic rings. The molecule has 0 radical (unpaired) electrons. The predicted octanol–water partition coefficient (Wildman–Crippen LogP) is 2.47. The van der Waals surface area contributed by atoms with E-state index in [2.05, 4.69) is 10.7 Å². The predicted molar refractivity (Wildman–Crippen MR) is 58.4 cm³/mol. The molecule has 0 amide bonds. The van der Waals surface area contributed by atoms with E-state index in [4.69, 9.17) is 0 Å². The van der Waals surface area contributed by atoms with E-state index in [-0.39, 0.29) is 5.78 Å². The van der Waals surface area contributed by atoms with Gasteiger partial charge in [-0.3, -0.25) is 9.78 Å². The van der Waals surface area contributed by atoms with Gasteiger partial charge < -0.3 is 0 Å². The topological polar surface area (TPSA) is 30.0 Å². The van der Waals surface area contributed by atoms with E-state index >= 15 is 0 Å². The second-order valence-corrected chi connectivity index (χ2v) is 3.06. The molecular weight excluding hydrogens is 186 g/mol. The van der Waals surface area contributed by atoms with Gasteiger partial charge in [0, 0.05) is 23.5 Å². The maximum absolute atomic E-state index is 11.6. The lowest BCUT2D eigenvalue weighted by molar-refractivity contribution is 0.104. The minimum Gasteiger partial charge on any atom is -0.289 e. The number of hydrogen-bond acceptors (Lipinski definition) is 2. The number of carbonyl (C=O) groups excluding carboxylic acids is 1. The summed E-state index contributed by atoms with van der Waals surface area (Å²) in [6.07, 6.45) is 12.1. The fourth-order valence-electron chi connectivity index (χ4n) is 1.23. The van der Waals surface area contributed by atoms with Crippen LogP contribution in [-0.2, 0) is 0 Å². The quantitative estimate of drug-likeness (QED) is 0.421. The van der Waals surface area contributed by atoms with Crippen molar-refractivity contribution >= 4 is 5.78 Å². The first-order chi connectivity index (χ1) is 7.36. The monoisotopic (exact) mass is 195 g/mol. The highest BCUT2D eigenvalue weighted by molar-refractivity contribution is 6.04. The molecule has 0 unspecified atom stereocenters. The van der Waals surface area contributed by atoms with Gasteiger partial charge in [0.05, 0.1) is 0 Å². The van der Waals surface area contributed by atoms with Crippen molar-refractivity contribution in [2.45, 2.75) is 0 Å². The highest BCUT2D eigenvalue weighted by atomic mass is 16.1. The molecule has 0 aliphatic heterocycles. The molecule has 72 valence electrons. The number of pyridine rings is 1. The van der Waals surface area contributed by atoms with Gasteiger partial charge in [-0.05, 0) is 36.4 Å². The van der Waals surface area contributed by atoms with Crippen LogP contribution in [0.3, 0.4) is 0 Å². The van der Waals surface area contributed by atoms with Crippen LogP contribution in [-0.4, -0.2) is 10.8 Å². The summed E-state index contributed by atoms with van der Waals surface area (Å²) in [5, 5.41) is 0. The lowest BCUT2D eigenvalue weighted by Crippen LogP contribution is -1.93. The zero-order valence-corrected chi connectivity index (χ0v) is 8.05. The van der Waals surface area contributed by atoms with E-state index in [0.717, 1.165) is 5.57 Å². The van der Waals surface area contributed by atoms with Crippen LogP contribution in [0.25, 0.3) is 0 Å². The van der Waals surface area contributed by atoms with Crippen LogP contribution < -0.4 is 0 Å². The minimum absolute atomic E-state index is 0.0213. The van der Waals surface area contributed by atoms with Crippen molar-refractivity contribution in [3.8, 4) is 0 Å². The van der Waals surface area contributed by atoms with Crippen LogP contribution >= 0.6 is 0 Å². The van der Waals surface area contributed by atoms with Crippen molar-refractivity contribution in [2.75, 3.05) is 0 Å². The van der Waals surface area contributed by atoms with Crippen molar-refractivity contribution in [1.29, 1.82) is 0 Å². The first kappa shape index (κ1) is 9.38. The third-order valence-electron chi connectivity index (χ3n) is 2.00. The Morgan fingerprint density at radius 2 is 2.13 bits per heavy atom. The summed E-state index contributed by atoms with van der Waals surface area (Å²) in [7, 11) is 0. The molecule has 0 N–H and O–H groups in total. The summed E-state index contributed by atoms with van der Waals surface area (Å²) in [5.41, 5.74) is 4.55. The fraction of sp³-hybridized carbons (Fsp3) is 0. The summed E-state index contributed by atoms with van der Waals surface area (Å²) < 4.78 is 0. The molecule has 1 aromatic heterocycles. The molecule has 1 heterocycles. The molecule has 0 atom stereocenters. The number of aromatic nitrogens is 1. The lowest BCUT2D eigenvalue weighted by atomic mass is 10.1. The molecule has 0 fully saturated rings. The number of carbonyl (C=O) groups is 1. The molecule has 1 aliphatic rings. The van der Waals surface area contributed by atoms with E-state index in [9.17, 15) is 4.79 Å². The maximum atomic E-state index is 11.6. The standard InChI is InChI=1S/C13H9NO/c15-13(12-7-9-14-10-8-12)6-5-11-3-1-2-4-11/h1-3,5-10H/b6-5+. The molecule has 0 spiro atoms. The van der Waals surface area contributed by atoms with Gasteiger partial charge in [-0.25, -0.2) is 0 Å². The van der Waals surface area contributed by atoms with E-state index < -0.39 is 0 Å². The largest absolute Gasteiger partial charge is 0.289 e. The lowest BCUT2D eigenvalue weighted by Gasteiger charge is -1.92. The van der Waals surface area contributed by atoms with Crippen molar-refractivity contribution in [3.05, 3.63) is 71.8 Å². The van der Waals surface area contributed by atoms with Gasteiger partial charge in [0.1, 0.15) is 0 Å². The number of nitrogens with zero attached hydrogens (tertiary/aromatic N) is 1. The second kappa shape index (κ2) is 4.36. The van der Waals surface area contributed by atoms with Gasteiger partial charge in [-0.15, -0.1) is 5.73 Å². The Hall–Kier alpha value is -2.18. The Labute approximate surface area is 88.0 Å². The normalized spacial score (nSPS) is 13.5. The van der Waals surface area contributed by atoms with Gasteiger partial charge in [0.15, 0.2) is 5.78 Å². The molecular formula is C13H9NO.